The van der Waals surface area contributed by atoms with E-state index in [4.69, 9.17) is 0 Å². The van der Waals surface area contributed by atoms with Crippen LogP contribution in [0.3, 0.4) is 0 Å². The average molecular weight is 367 g/mol. The lowest BCUT2D eigenvalue weighted by Crippen LogP contribution is -2.54. The maximum Gasteiger partial charge on any atom is 0.222 e. The Hall–Kier alpha value is -2.30. The van der Waals surface area contributed by atoms with E-state index in [0.717, 1.165) is 31.9 Å². The van der Waals surface area contributed by atoms with Crippen molar-refractivity contribution in [1.82, 2.24) is 14.5 Å². The highest BCUT2D eigenvalue weighted by Crippen LogP contribution is 2.47. The average Bonchev–Trinajstić information content (AvgIpc) is 3.26. The molecule has 2 aromatic heterocycles. The summed E-state index contributed by atoms with van der Waals surface area (Å²) in [5.41, 5.74) is 2.26. The van der Waals surface area contributed by atoms with Crippen molar-refractivity contribution in [3.8, 4) is 5.82 Å². The zero-order valence-electron chi connectivity index (χ0n) is 16.9. The summed E-state index contributed by atoms with van der Waals surface area (Å²) in [6, 6.07) is 8.51. The molecule has 5 heteroatoms. The summed E-state index contributed by atoms with van der Waals surface area (Å²) in [6.45, 7) is 11.3. The molecule has 27 heavy (non-hydrogen) atoms. The summed E-state index contributed by atoms with van der Waals surface area (Å²) in [4.78, 5) is 22.1. The summed E-state index contributed by atoms with van der Waals surface area (Å²) in [6.07, 6.45) is 5.55. The quantitative estimate of drug-likeness (QED) is 0.826. The Morgan fingerprint density at radius 1 is 1.19 bits per heavy atom. The van der Waals surface area contributed by atoms with Crippen LogP contribution in [0.5, 0.6) is 0 Å². The minimum absolute atomic E-state index is 0.170. The van der Waals surface area contributed by atoms with Crippen molar-refractivity contribution in [2.45, 2.75) is 46.1 Å². The molecule has 0 saturated carbocycles. The molecular formula is C22H30N4O. The Bertz CT molecular complexity index is 840. The van der Waals surface area contributed by atoms with Gasteiger partial charge in [0.2, 0.25) is 5.91 Å². The van der Waals surface area contributed by atoms with E-state index in [1.54, 1.807) is 0 Å². The smallest absolute Gasteiger partial charge is 0.222 e. The Morgan fingerprint density at radius 2 is 2.00 bits per heavy atom. The molecule has 1 amide bonds. The highest BCUT2D eigenvalue weighted by molar-refractivity contribution is 5.77. The molecule has 2 aromatic rings. The number of hydrogen-bond donors (Lipinski definition) is 0. The maximum atomic E-state index is 12.8. The van der Waals surface area contributed by atoms with Crippen LogP contribution in [-0.2, 0) is 10.3 Å². The Kier molecular flexibility index (Phi) is 4.49. The standard InChI is InChI=1S/C22H30N4O/c1-16(2)13-20(27)24-12-9-22(15-24)19-8-6-11-25(19)21-18(7-5-10-23-21)26(22)14-17(3)4/h5-8,10-11,16-17H,9,12-15H2,1-4H3/t22-/m0/s1. The molecule has 4 heterocycles. The van der Waals surface area contributed by atoms with Gasteiger partial charge in [-0.25, -0.2) is 4.98 Å². The third kappa shape index (κ3) is 2.93. The molecule has 0 N–H and O–H groups in total. The highest BCUT2D eigenvalue weighted by atomic mass is 16.2. The maximum absolute atomic E-state index is 12.8. The van der Waals surface area contributed by atoms with Gasteiger partial charge in [0.1, 0.15) is 5.54 Å². The minimum atomic E-state index is -0.170. The molecule has 5 nitrogen and oxygen atoms in total. The third-order valence-corrected chi connectivity index (χ3v) is 5.76. The third-order valence-electron chi connectivity index (χ3n) is 5.76. The van der Waals surface area contributed by atoms with Gasteiger partial charge in [0.15, 0.2) is 5.82 Å². The van der Waals surface area contributed by atoms with Gasteiger partial charge in [-0.3, -0.25) is 4.79 Å². The van der Waals surface area contributed by atoms with Crippen molar-refractivity contribution in [1.29, 1.82) is 0 Å². The molecular weight excluding hydrogens is 336 g/mol. The fourth-order valence-electron chi connectivity index (χ4n) is 4.65. The van der Waals surface area contributed by atoms with Crippen LogP contribution in [-0.4, -0.2) is 40.0 Å². The largest absolute Gasteiger partial charge is 0.355 e. The van der Waals surface area contributed by atoms with Crippen LogP contribution in [0, 0.1) is 11.8 Å². The van der Waals surface area contributed by atoms with Gasteiger partial charge in [-0.05, 0) is 42.5 Å². The van der Waals surface area contributed by atoms with Gasteiger partial charge >= 0.3 is 0 Å². The highest BCUT2D eigenvalue weighted by Gasteiger charge is 2.50. The number of anilines is 1. The molecule has 0 aliphatic carbocycles. The molecule has 4 rings (SSSR count). The van der Waals surface area contributed by atoms with Gasteiger partial charge in [0.25, 0.3) is 0 Å². The lowest BCUT2D eigenvalue weighted by Gasteiger charge is -2.47. The van der Waals surface area contributed by atoms with Crippen molar-refractivity contribution in [2.24, 2.45) is 11.8 Å². The van der Waals surface area contributed by atoms with Gasteiger partial charge < -0.3 is 14.4 Å². The van der Waals surface area contributed by atoms with Crippen LogP contribution >= 0.6 is 0 Å². The normalized spacial score (nSPS) is 21.3. The summed E-state index contributed by atoms with van der Waals surface area (Å²) in [7, 11) is 0. The molecule has 1 atom stereocenters. The molecule has 2 aliphatic rings. The molecule has 1 saturated heterocycles. The number of nitrogens with zero attached hydrogens (tertiary/aromatic N) is 4. The molecule has 0 unspecified atom stereocenters. The summed E-state index contributed by atoms with van der Waals surface area (Å²) >= 11 is 0. The van der Waals surface area contributed by atoms with Crippen LogP contribution in [0.1, 0.15) is 46.2 Å². The van der Waals surface area contributed by atoms with Crippen LogP contribution < -0.4 is 4.90 Å². The SMILES string of the molecule is CC(C)CC(=O)N1CC[C@]2(C1)c1cccn1-c1ncccc1N2CC(C)C. The number of hydrogen-bond acceptors (Lipinski definition) is 3. The van der Waals surface area contributed by atoms with Crippen molar-refractivity contribution in [2.75, 3.05) is 24.5 Å². The Balaban J connectivity index is 1.78. The van der Waals surface area contributed by atoms with Crippen LogP contribution in [0.15, 0.2) is 36.7 Å². The van der Waals surface area contributed by atoms with Gasteiger partial charge in [0, 0.05) is 38.4 Å². The fraction of sp³-hybridized carbons (Fsp3) is 0.545. The number of amides is 1. The monoisotopic (exact) mass is 366 g/mol. The molecule has 144 valence electrons. The second kappa shape index (κ2) is 6.70. The van der Waals surface area contributed by atoms with Gasteiger partial charge in [-0.2, -0.15) is 0 Å². The molecule has 2 aliphatic heterocycles. The topological polar surface area (TPSA) is 41.4 Å². The van der Waals surface area contributed by atoms with E-state index in [0.29, 0.717) is 18.3 Å². The van der Waals surface area contributed by atoms with E-state index in [1.165, 1.54) is 11.4 Å². The van der Waals surface area contributed by atoms with Crippen LogP contribution in [0.25, 0.3) is 5.82 Å². The van der Waals surface area contributed by atoms with Crippen LogP contribution in [0.2, 0.25) is 0 Å². The first-order valence-corrected chi connectivity index (χ1v) is 10.1. The van der Waals surface area contributed by atoms with Crippen LogP contribution in [0.4, 0.5) is 5.69 Å². The second-order valence-electron chi connectivity index (χ2n) is 8.81. The van der Waals surface area contributed by atoms with E-state index in [9.17, 15) is 4.79 Å². The molecule has 1 fully saturated rings. The second-order valence-corrected chi connectivity index (χ2v) is 8.81. The Morgan fingerprint density at radius 3 is 2.74 bits per heavy atom. The first kappa shape index (κ1) is 18.1. The lowest BCUT2D eigenvalue weighted by molar-refractivity contribution is -0.131. The van der Waals surface area contributed by atoms with Crippen molar-refractivity contribution < 1.29 is 4.79 Å². The predicted molar refractivity (Wildman–Crippen MR) is 108 cm³/mol. The van der Waals surface area contributed by atoms with Crippen molar-refractivity contribution in [3.05, 3.63) is 42.4 Å². The van der Waals surface area contributed by atoms with Crippen molar-refractivity contribution >= 4 is 11.6 Å². The number of rotatable bonds is 4. The number of carbonyl (C=O) groups is 1. The van der Waals surface area contributed by atoms with E-state index in [-0.39, 0.29) is 11.4 Å². The van der Waals surface area contributed by atoms with Crippen molar-refractivity contribution in [3.63, 3.8) is 0 Å². The van der Waals surface area contributed by atoms with E-state index < -0.39 is 0 Å². The summed E-state index contributed by atoms with van der Waals surface area (Å²) in [5, 5.41) is 0. The summed E-state index contributed by atoms with van der Waals surface area (Å²) in [5.74, 6) is 2.19. The number of carbonyl (C=O) groups excluding carboxylic acids is 1. The number of fused-ring (bicyclic) bond motifs is 4. The molecule has 0 bridgehead atoms. The van der Waals surface area contributed by atoms with Gasteiger partial charge in [-0.15, -0.1) is 0 Å². The van der Waals surface area contributed by atoms with Gasteiger partial charge in [0.05, 0.1) is 11.4 Å². The fourth-order valence-corrected chi connectivity index (χ4v) is 4.65. The van der Waals surface area contributed by atoms with E-state index in [1.807, 2.05) is 12.3 Å². The molecule has 0 aromatic carbocycles. The number of pyridine rings is 1. The van der Waals surface area contributed by atoms with E-state index >= 15 is 0 Å². The zero-order chi connectivity index (χ0) is 19.2. The molecule has 1 spiro atoms. The number of likely N-dealkylation sites (tertiary alicyclic amines) is 1. The molecule has 0 radical (unpaired) electrons. The predicted octanol–water partition coefficient (Wildman–Crippen LogP) is 3.82. The lowest BCUT2D eigenvalue weighted by atomic mass is 9.88. The number of aromatic nitrogens is 2. The Labute approximate surface area is 162 Å². The summed E-state index contributed by atoms with van der Waals surface area (Å²) < 4.78 is 2.22. The zero-order valence-corrected chi connectivity index (χ0v) is 16.9. The van der Waals surface area contributed by atoms with Gasteiger partial charge in [-0.1, -0.05) is 27.7 Å². The first-order chi connectivity index (χ1) is 12.9. The first-order valence-electron chi connectivity index (χ1n) is 10.1. The van der Waals surface area contributed by atoms with E-state index in [2.05, 4.69) is 71.4 Å². The minimum Gasteiger partial charge on any atom is -0.355 e.